The number of aromatic nitrogens is 2. The van der Waals surface area contributed by atoms with Crippen molar-refractivity contribution in [3.8, 4) is 5.75 Å². The van der Waals surface area contributed by atoms with Gasteiger partial charge in [0.25, 0.3) is 5.56 Å². The van der Waals surface area contributed by atoms with E-state index in [9.17, 15) is 4.79 Å². The van der Waals surface area contributed by atoms with Crippen molar-refractivity contribution in [1.29, 1.82) is 0 Å². The van der Waals surface area contributed by atoms with Crippen LogP contribution < -0.4 is 15.6 Å². The topological polar surface area (TPSA) is 59.4 Å². The molecule has 0 saturated carbocycles. The monoisotopic (exact) mass is 468 g/mol. The van der Waals surface area contributed by atoms with Gasteiger partial charge in [-0.1, -0.05) is 32.0 Å². The molecule has 178 valence electrons. The largest absolute Gasteiger partial charge is 0.496 e. The Morgan fingerprint density at radius 3 is 2.85 bits per heavy atom. The lowest BCUT2D eigenvalue weighted by Crippen LogP contribution is -2.43. The van der Waals surface area contributed by atoms with Crippen LogP contribution in [0.3, 0.4) is 0 Å². The van der Waals surface area contributed by atoms with Crippen LogP contribution in [0.1, 0.15) is 36.3 Å². The average Bonchev–Trinajstić information content (AvgIpc) is 3.15. The number of thiophene rings is 1. The molecule has 1 aromatic carbocycles. The quantitative estimate of drug-likeness (QED) is 0.518. The van der Waals surface area contributed by atoms with Crippen LogP contribution in [0.4, 0.5) is 0 Å². The van der Waals surface area contributed by atoms with Crippen molar-refractivity contribution in [1.82, 2.24) is 19.8 Å². The van der Waals surface area contributed by atoms with Crippen molar-refractivity contribution in [2.45, 2.75) is 52.1 Å². The molecule has 1 N–H and O–H groups in total. The molecule has 33 heavy (non-hydrogen) atoms. The molecule has 2 heterocycles. The Hall–Kier alpha value is -2.22. The molecule has 0 aliphatic heterocycles. The fourth-order valence-corrected chi connectivity index (χ4v) is 6.28. The zero-order valence-corrected chi connectivity index (χ0v) is 21.3. The molecule has 4 rings (SSSR count). The number of methoxy groups -OCH3 is 1. The Morgan fingerprint density at radius 2 is 2.09 bits per heavy atom. The van der Waals surface area contributed by atoms with E-state index in [2.05, 4.69) is 49.2 Å². The summed E-state index contributed by atoms with van der Waals surface area (Å²) in [5.41, 5.74) is 2.64. The molecule has 1 aliphatic rings. The molecule has 0 spiro atoms. The molecule has 0 bridgehead atoms. The summed E-state index contributed by atoms with van der Waals surface area (Å²) in [5.74, 6) is 0.861. The molecule has 0 amide bonds. The summed E-state index contributed by atoms with van der Waals surface area (Å²) in [6, 6.07) is 8.43. The standard InChI is InChI=1S/C26H36N4O2S/c1-26(2,16-29(3)4)15-27-19-10-11-20-22(14-19)33-24-23(20)25(31)30(17-28-24)13-12-18-8-6-7-9-21(18)32-5/h6-9,17,19,27H,10-16H2,1-5H3. The fraction of sp³-hybridized carbons (Fsp3) is 0.538. The SMILES string of the molecule is COc1ccccc1CCn1cnc2sc3c(c2c1=O)CCC(NCC(C)(C)CN(C)C)C3. The summed E-state index contributed by atoms with van der Waals surface area (Å²) >= 11 is 1.70. The Bertz CT molecular complexity index is 1160. The highest BCUT2D eigenvalue weighted by molar-refractivity contribution is 7.18. The van der Waals surface area contributed by atoms with Crippen LogP contribution in [-0.2, 0) is 25.8 Å². The molecule has 0 saturated heterocycles. The van der Waals surface area contributed by atoms with E-state index in [1.54, 1.807) is 29.3 Å². The zero-order valence-electron chi connectivity index (χ0n) is 20.5. The van der Waals surface area contributed by atoms with Gasteiger partial charge in [0.15, 0.2) is 0 Å². The Labute approximate surface area is 200 Å². The van der Waals surface area contributed by atoms with Gasteiger partial charge in [-0.05, 0) is 62.4 Å². The van der Waals surface area contributed by atoms with Crippen LogP contribution in [0.2, 0.25) is 0 Å². The maximum absolute atomic E-state index is 13.4. The molecule has 3 aromatic rings. The second-order valence-electron chi connectivity index (χ2n) is 10.2. The first-order valence-electron chi connectivity index (χ1n) is 11.8. The predicted molar refractivity (Wildman–Crippen MR) is 137 cm³/mol. The number of aryl methyl sites for hydroxylation is 3. The first-order valence-corrected chi connectivity index (χ1v) is 12.6. The van der Waals surface area contributed by atoms with E-state index in [-0.39, 0.29) is 11.0 Å². The van der Waals surface area contributed by atoms with Crippen LogP contribution >= 0.6 is 11.3 Å². The lowest BCUT2D eigenvalue weighted by molar-refractivity contribution is 0.222. The molecule has 2 aromatic heterocycles. The third kappa shape index (κ3) is 5.48. The summed E-state index contributed by atoms with van der Waals surface area (Å²) < 4.78 is 7.22. The smallest absolute Gasteiger partial charge is 0.262 e. The molecule has 1 aliphatic carbocycles. The van der Waals surface area contributed by atoms with Crippen molar-refractivity contribution in [3.63, 3.8) is 0 Å². The van der Waals surface area contributed by atoms with E-state index >= 15 is 0 Å². The lowest BCUT2D eigenvalue weighted by atomic mass is 9.89. The van der Waals surface area contributed by atoms with Gasteiger partial charge in [-0.3, -0.25) is 9.36 Å². The Kier molecular flexibility index (Phi) is 7.22. The van der Waals surface area contributed by atoms with Gasteiger partial charge in [0.1, 0.15) is 10.6 Å². The Morgan fingerprint density at radius 1 is 1.30 bits per heavy atom. The fourth-order valence-electron chi connectivity index (χ4n) is 5.02. The van der Waals surface area contributed by atoms with Crippen molar-refractivity contribution in [2.75, 3.05) is 34.3 Å². The van der Waals surface area contributed by atoms with Gasteiger partial charge in [-0.2, -0.15) is 0 Å². The van der Waals surface area contributed by atoms with Gasteiger partial charge in [0, 0.05) is 30.6 Å². The second kappa shape index (κ2) is 9.95. The number of nitrogens with one attached hydrogen (secondary N) is 1. The second-order valence-corrected chi connectivity index (χ2v) is 11.3. The highest BCUT2D eigenvalue weighted by Gasteiger charge is 2.27. The lowest BCUT2D eigenvalue weighted by Gasteiger charge is -2.32. The number of nitrogens with zero attached hydrogens (tertiary/aromatic N) is 3. The highest BCUT2D eigenvalue weighted by Crippen LogP contribution is 2.34. The molecule has 0 radical (unpaired) electrons. The number of rotatable bonds is 9. The van der Waals surface area contributed by atoms with E-state index in [1.165, 1.54) is 10.4 Å². The van der Waals surface area contributed by atoms with E-state index in [1.807, 2.05) is 18.2 Å². The molecular weight excluding hydrogens is 432 g/mol. The molecule has 0 fully saturated rings. The number of ether oxygens (including phenoxy) is 1. The molecule has 6 nitrogen and oxygen atoms in total. The summed E-state index contributed by atoms with van der Waals surface area (Å²) in [6.45, 7) is 7.26. The maximum atomic E-state index is 13.4. The first-order chi connectivity index (χ1) is 15.8. The summed E-state index contributed by atoms with van der Waals surface area (Å²) in [4.78, 5) is 22.5. The molecule has 1 atom stereocenters. The molecule has 7 heteroatoms. The third-order valence-electron chi connectivity index (χ3n) is 6.46. The average molecular weight is 469 g/mol. The number of para-hydroxylation sites is 1. The minimum Gasteiger partial charge on any atom is -0.496 e. The third-order valence-corrected chi connectivity index (χ3v) is 7.63. The van der Waals surface area contributed by atoms with E-state index in [0.717, 1.165) is 60.3 Å². The summed E-state index contributed by atoms with van der Waals surface area (Å²) in [7, 11) is 5.94. The van der Waals surface area contributed by atoms with Gasteiger partial charge in [-0.25, -0.2) is 4.98 Å². The number of hydrogen-bond donors (Lipinski definition) is 1. The number of benzene rings is 1. The van der Waals surface area contributed by atoms with Gasteiger partial charge >= 0.3 is 0 Å². The van der Waals surface area contributed by atoms with E-state index < -0.39 is 0 Å². The Balaban J connectivity index is 1.48. The molecule has 1 unspecified atom stereocenters. The molecular formula is C26H36N4O2S. The summed E-state index contributed by atoms with van der Waals surface area (Å²) in [6.07, 6.45) is 5.43. The van der Waals surface area contributed by atoms with E-state index in [0.29, 0.717) is 12.6 Å². The first kappa shape index (κ1) is 23.9. The van der Waals surface area contributed by atoms with Crippen molar-refractivity contribution >= 4 is 21.6 Å². The minimum absolute atomic E-state index is 0.0888. The maximum Gasteiger partial charge on any atom is 0.262 e. The van der Waals surface area contributed by atoms with Crippen LogP contribution in [0.15, 0.2) is 35.4 Å². The van der Waals surface area contributed by atoms with Gasteiger partial charge in [0.05, 0.1) is 18.8 Å². The highest BCUT2D eigenvalue weighted by atomic mass is 32.1. The van der Waals surface area contributed by atoms with Crippen LogP contribution in [0.25, 0.3) is 10.2 Å². The van der Waals surface area contributed by atoms with E-state index in [4.69, 9.17) is 4.74 Å². The van der Waals surface area contributed by atoms with Gasteiger partial charge in [0.2, 0.25) is 0 Å². The number of hydrogen-bond acceptors (Lipinski definition) is 6. The van der Waals surface area contributed by atoms with Gasteiger partial charge in [-0.15, -0.1) is 11.3 Å². The van der Waals surface area contributed by atoms with Crippen molar-refractivity contribution in [3.05, 3.63) is 57.0 Å². The number of fused-ring (bicyclic) bond motifs is 3. The minimum atomic E-state index is 0.0888. The van der Waals surface area contributed by atoms with Crippen molar-refractivity contribution < 1.29 is 4.74 Å². The summed E-state index contributed by atoms with van der Waals surface area (Å²) in [5, 5.41) is 4.63. The normalized spacial score (nSPS) is 16.4. The predicted octanol–water partition coefficient (Wildman–Crippen LogP) is 3.74. The van der Waals surface area contributed by atoms with Gasteiger partial charge < -0.3 is 15.0 Å². The van der Waals surface area contributed by atoms with Crippen LogP contribution in [0, 0.1) is 5.41 Å². The van der Waals surface area contributed by atoms with Crippen molar-refractivity contribution in [2.24, 2.45) is 5.41 Å². The zero-order chi connectivity index (χ0) is 23.6. The van der Waals surface area contributed by atoms with Crippen LogP contribution in [-0.4, -0.2) is 54.8 Å². The van der Waals surface area contributed by atoms with Crippen LogP contribution in [0.5, 0.6) is 5.75 Å².